The van der Waals surface area contributed by atoms with Crippen LogP contribution in [0.5, 0.6) is 5.75 Å². The van der Waals surface area contributed by atoms with E-state index in [1.807, 2.05) is 24.3 Å². The van der Waals surface area contributed by atoms with Gasteiger partial charge in [0, 0.05) is 21.8 Å². The van der Waals surface area contributed by atoms with Crippen LogP contribution in [0.2, 0.25) is 5.02 Å². The van der Waals surface area contributed by atoms with Gasteiger partial charge in [0.05, 0.1) is 4.90 Å². The predicted molar refractivity (Wildman–Crippen MR) is 101 cm³/mol. The maximum absolute atomic E-state index is 9.35. The zero-order valence-electron chi connectivity index (χ0n) is 12.3. The summed E-state index contributed by atoms with van der Waals surface area (Å²) >= 11 is 7.41. The fourth-order valence-corrected chi connectivity index (χ4v) is 2.81. The molecule has 0 spiro atoms. The molecule has 0 aliphatic carbocycles. The molecule has 0 fully saturated rings. The first-order chi connectivity index (χ1) is 11.1. The van der Waals surface area contributed by atoms with Crippen LogP contribution in [0.1, 0.15) is 0 Å². The minimum absolute atomic E-state index is 0. The van der Waals surface area contributed by atoms with Gasteiger partial charge in [-0.1, -0.05) is 23.4 Å². The van der Waals surface area contributed by atoms with Crippen molar-refractivity contribution in [3.63, 3.8) is 0 Å². The highest BCUT2D eigenvalue weighted by Gasteiger charge is 2.09. The van der Waals surface area contributed by atoms with Gasteiger partial charge in [-0.05, 0) is 48.5 Å². The Morgan fingerprint density at radius 2 is 1.71 bits per heavy atom. The molecule has 0 saturated heterocycles. The van der Waals surface area contributed by atoms with E-state index in [0.717, 1.165) is 15.5 Å². The maximum atomic E-state index is 9.35. The highest BCUT2D eigenvalue weighted by molar-refractivity contribution is 7.99. The number of hydrogen-bond donors (Lipinski definition) is 3. The lowest BCUT2D eigenvalue weighted by molar-refractivity contribution is 0.475. The molecule has 5 nitrogen and oxygen atoms in total. The van der Waals surface area contributed by atoms with Gasteiger partial charge in [-0.25, -0.2) is 4.98 Å². The summed E-state index contributed by atoms with van der Waals surface area (Å²) in [7, 11) is 0. The second-order valence-corrected chi connectivity index (χ2v) is 6.22. The van der Waals surface area contributed by atoms with E-state index in [9.17, 15) is 5.11 Å². The molecular formula is C16H14Cl2N4OS. The summed E-state index contributed by atoms with van der Waals surface area (Å²) in [5.74, 6) is 0.989. The largest absolute Gasteiger partial charge is 0.508 e. The highest BCUT2D eigenvalue weighted by Crippen LogP contribution is 2.34. The number of nitrogens with two attached hydrogens (primary N) is 1. The van der Waals surface area contributed by atoms with Crippen LogP contribution in [0, 0.1) is 0 Å². The van der Waals surface area contributed by atoms with E-state index in [0.29, 0.717) is 10.8 Å². The fourth-order valence-electron chi connectivity index (χ4n) is 1.86. The fraction of sp³-hybridized carbons (Fsp3) is 0. The third kappa shape index (κ3) is 4.67. The highest BCUT2D eigenvalue weighted by atomic mass is 35.5. The molecule has 3 rings (SSSR count). The Morgan fingerprint density at radius 3 is 2.38 bits per heavy atom. The molecule has 3 aromatic rings. The number of aromatic nitrogens is 2. The Morgan fingerprint density at radius 1 is 1.04 bits per heavy atom. The Hall–Kier alpha value is -2.15. The third-order valence-corrected chi connectivity index (χ3v) is 4.22. The first kappa shape index (κ1) is 18.2. The molecule has 0 aliphatic heterocycles. The number of nitrogens with zero attached hydrogens (tertiary/aromatic N) is 2. The van der Waals surface area contributed by atoms with Crippen LogP contribution < -0.4 is 11.1 Å². The number of aromatic hydroxyl groups is 1. The number of nitrogens with one attached hydrogen (secondary N) is 1. The second-order valence-electron chi connectivity index (χ2n) is 4.67. The predicted octanol–water partition coefficient (Wildman–Crippen LogP) is 4.73. The first-order valence-corrected chi connectivity index (χ1v) is 7.91. The summed E-state index contributed by atoms with van der Waals surface area (Å²) in [4.78, 5) is 10.1. The normalized spacial score (nSPS) is 10.0. The van der Waals surface area contributed by atoms with Crippen LogP contribution in [0.15, 0.2) is 64.5 Å². The van der Waals surface area contributed by atoms with Gasteiger partial charge >= 0.3 is 0 Å². The number of phenolic OH excluding ortho intramolecular Hbond substituents is 1. The number of anilines is 3. The average Bonchev–Trinajstić information content (AvgIpc) is 2.54. The van der Waals surface area contributed by atoms with E-state index in [1.165, 1.54) is 11.8 Å². The SMILES string of the molecule is Cl.Nc1ncc(Sc2ccc(Cl)cc2)c(Nc2ccc(O)cc2)n1. The van der Waals surface area contributed by atoms with Gasteiger partial charge in [0.25, 0.3) is 0 Å². The van der Waals surface area contributed by atoms with Crippen molar-refractivity contribution in [2.75, 3.05) is 11.1 Å². The Labute approximate surface area is 154 Å². The standard InChI is InChI=1S/C16H13ClN4OS.ClH/c17-10-1-7-13(8-2-10)23-14-9-19-16(18)21-15(14)20-11-3-5-12(22)6-4-11;/h1-9,22H,(H3,18,19,20,21);1H. The molecule has 124 valence electrons. The van der Waals surface area contributed by atoms with Gasteiger partial charge in [0.15, 0.2) is 0 Å². The lowest BCUT2D eigenvalue weighted by Gasteiger charge is -2.11. The molecule has 0 atom stereocenters. The monoisotopic (exact) mass is 380 g/mol. The van der Waals surface area contributed by atoms with Crippen LogP contribution in [0.4, 0.5) is 17.5 Å². The second kappa shape index (κ2) is 8.10. The van der Waals surface area contributed by atoms with Crippen molar-refractivity contribution >= 4 is 53.2 Å². The van der Waals surface area contributed by atoms with Crippen molar-refractivity contribution in [2.24, 2.45) is 0 Å². The summed E-state index contributed by atoms with van der Waals surface area (Å²) in [5, 5.41) is 13.2. The summed E-state index contributed by atoms with van der Waals surface area (Å²) < 4.78 is 0. The lowest BCUT2D eigenvalue weighted by atomic mass is 10.3. The van der Waals surface area contributed by atoms with Crippen molar-refractivity contribution in [3.8, 4) is 5.75 Å². The van der Waals surface area contributed by atoms with E-state index in [4.69, 9.17) is 17.3 Å². The van der Waals surface area contributed by atoms with Gasteiger partial charge in [-0.2, -0.15) is 4.98 Å². The third-order valence-electron chi connectivity index (χ3n) is 2.95. The smallest absolute Gasteiger partial charge is 0.222 e. The minimum atomic E-state index is 0. The molecule has 0 amide bonds. The molecule has 1 heterocycles. The zero-order chi connectivity index (χ0) is 16.2. The molecule has 8 heteroatoms. The van der Waals surface area contributed by atoms with Gasteiger partial charge in [0.1, 0.15) is 11.6 Å². The molecule has 4 N–H and O–H groups in total. The molecule has 24 heavy (non-hydrogen) atoms. The summed E-state index contributed by atoms with van der Waals surface area (Å²) in [6.45, 7) is 0. The topological polar surface area (TPSA) is 84.1 Å². The van der Waals surface area contributed by atoms with Gasteiger partial charge in [-0.15, -0.1) is 12.4 Å². The van der Waals surface area contributed by atoms with E-state index in [-0.39, 0.29) is 24.1 Å². The average molecular weight is 381 g/mol. The molecule has 0 radical (unpaired) electrons. The number of benzene rings is 2. The van der Waals surface area contributed by atoms with Crippen molar-refractivity contribution in [1.82, 2.24) is 9.97 Å². The molecule has 2 aromatic carbocycles. The number of nitrogen functional groups attached to an aromatic ring is 1. The van der Waals surface area contributed by atoms with Crippen LogP contribution in [0.3, 0.4) is 0 Å². The number of rotatable bonds is 4. The van der Waals surface area contributed by atoms with Crippen LogP contribution >= 0.6 is 35.8 Å². The maximum Gasteiger partial charge on any atom is 0.222 e. The van der Waals surface area contributed by atoms with Crippen molar-refractivity contribution in [3.05, 3.63) is 59.8 Å². The van der Waals surface area contributed by atoms with E-state index < -0.39 is 0 Å². The summed E-state index contributed by atoms with van der Waals surface area (Å²) in [6.07, 6.45) is 1.67. The Balaban J connectivity index is 0.00000208. The number of hydrogen-bond acceptors (Lipinski definition) is 6. The molecule has 0 aliphatic rings. The van der Waals surface area contributed by atoms with E-state index in [2.05, 4.69) is 15.3 Å². The Kier molecular flexibility index (Phi) is 6.14. The summed E-state index contributed by atoms with van der Waals surface area (Å²) in [5.41, 5.74) is 6.48. The molecule has 0 saturated carbocycles. The molecule has 0 bridgehead atoms. The Bertz CT molecular complexity index is 813. The minimum Gasteiger partial charge on any atom is -0.508 e. The van der Waals surface area contributed by atoms with Gasteiger partial charge in [0.2, 0.25) is 5.95 Å². The number of phenols is 1. The van der Waals surface area contributed by atoms with Crippen molar-refractivity contribution in [1.29, 1.82) is 0 Å². The van der Waals surface area contributed by atoms with Crippen LogP contribution in [-0.4, -0.2) is 15.1 Å². The lowest BCUT2D eigenvalue weighted by Crippen LogP contribution is -2.01. The quantitative estimate of drug-likeness (QED) is 0.567. The van der Waals surface area contributed by atoms with E-state index >= 15 is 0 Å². The van der Waals surface area contributed by atoms with E-state index in [1.54, 1.807) is 30.5 Å². The molecular weight excluding hydrogens is 367 g/mol. The molecule has 1 aromatic heterocycles. The van der Waals surface area contributed by atoms with Crippen molar-refractivity contribution in [2.45, 2.75) is 9.79 Å². The zero-order valence-corrected chi connectivity index (χ0v) is 14.7. The summed E-state index contributed by atoms with van der Waals surface area (Å²) in [6, 6.07) is 14.2. The van der Waals surface area contributed by atoms with Crippen LogP contribution in [0.25, 0.3) is 0 Å². The van der Waals surface area contributed by atoms with Crippen LogP contribution in [-0.2, 0) is 0 Å². The van der Waals surface area contributed by atoms with Crippen molar-refractivity contribution < 1.29 is 5.11 Å². The van der Waals surface area contributed by atoms with Gasteiger partial charge < -0.3 is 16.2 Å². The molecule has 0 unspecified atom stereocenters. The van der Waals surface area contributed by atoms with Gasteiger partial charge in [-0.3, -0.25) is 0 Å². The first-order valence-electron chi connectivity index (χ1n) is 6.72. The number of halogens is 2.